The molecule has 9 nitrogen and oxygen atoms in total. The van der Waals surface area contributed by atoms with Gasteiger partial charge in [0.1, 0.15) is 0 Å². The Morgan fingerprint density at radius 3 is 1.51 bits per heavy atom. The van der Waals surface area contributed by atoms with Crippen molar-refractivity contribution in [2.24, 2.45) is 22.7 Å². The molecule has 0 saturated heterocycles. The van der Waals surface area contributed by atoms with Crippen LogP contribution in [0.3, 0.4) is 0 Å². The van der Waals surface area contributed by atoms with Gasteiger partial charge in [-0.25, -0.2) is 4.79 Å². The molecule has 6 rings (SSSR count). The Morgan fingerprint density at radius 2 is 1.11 bits per heavy atom. The molecule has 6 atom stereocenters. The number of aryl methyl sites for hydroxylation is 2. The number of carbonyl (C=O) groups is 4. The van der Waals surface area contributed by atoms with Crippen molar-refractivity contribution in [3.63, 3.8) is 0 Å². The first-order chi connectivity index (χ1) is 26.6. The molecule has 2 aromatic rings. The van der Waals surface area contributed by atoms with Crippen molar-refractivity contribution in [3.05, 3.63) is 68.8 Å². The summed E-state index contributed by atoms with van der Waals surface area (Å²) in [5.41, 5.74) is 5.40. The van der Waals surface area contributed by atoms with Crippen LogP contribution in [0.2, 0.25) is 0 Å². The van der Waals surface area contributed by atoms with Crippen molar-refractivity contribution in [3.8, 4) is 0 Å². The van der Waals surface area contributed by atoms with E-state index in [0.29, 0.717) is 12.8 Å². The number of rotatable bonds is 11. The fourth-order valence-electron chi connectivity index (χ4n) is 11.9. The molecule has 0 N–H and O–H groups in total. The van der Waals surface area contributed by atoms with E-state index in [1.54, 1.807) is 6.92 Å². The van der Waals surface area contributed by atoms with Gasteiger partial charge in [-0.3, -0.25) is 14.4 Å². The van der Waals surface area contributed by atoms with Gasteiger partial charge in [-0.2, -0.15) is 8.42 Å². The summed E-state index contributed by atoms with van der Waals surface area (Å²) in [5.74, 6) is -1.01. The summed E-state index contributed by atoms with van der Waals surface area (Å²) in [4.78, 5) is 53.9. The summed E-state index contributed by atoms with van der Waals surface area (Å²) in [6, 6.07) is 8.22. The van der Waals surface area contributed by atoms with E-state index in [1.165, 1.54) is 11.1 Å². The van der Waals surface area contributed by atoms with Crippen LogP contribution < -0.4 is 0 Å². The van der Waals surface area contributed by atoms with Gasteiger partial charge in [-0.1, -0.05) is 66.5 Å². The molecule has 0 bridgehead atoms. The fraction of sp³-hybridized carbons (Fsp3) is 0.660. The zero-order valence-corrected chi connectivity index (χ0v) is 36.7. The predicted molar refractivity (Wildman–Crippen MR) is 220 cm³/mol. The van der Waals surface area contributed by atoms with Gasteiger partial charge in [0.05, 0.1) is 35.9 Å². The minimum atomic E-state index is -4.00. The molecule has 4 aliphatic rings. The number of Topliss-reactive ketones (excluding diaryl/α,β-unsaturated/α-hetero) is 1. The number of fused-ring (bicyclic) bond motifs is 6. The lowest BCUT2D eigenvalue weighted by Gasteiger charge is -2.54. The van der Waals surface area contributed by atoms with E-state index in [1.807, 2.05) is 32.9 Å². The van der Waals surface area contributed by atoms with E-state index in [2.05, 4.69) is 46.8 Å². The number of benzene rings is 2. The molecule has 0 amide bonds. The zero-order chi connectivity index (χ0) is 41.9. The van der Waals surface area contributed by atoms with Gasteiger partial charge >= 0.3 is 28.0 Å². The monoisotopic (exact) mass is 804 g/mol. The number of ketones is 1. The highest BCUT2D eigenvalue weighted by molar-refractivity contribution is 7.86. The van der Waals surface area contributed by atoms with Crippen molar-refractivity contribution in [2.45, 2.75) is 156 Å². The van der Waals surface area contributed by atoms with Crippen molar-refractivity contribution in [2.75, 3.05) is 19.5 Å². The van der Waals surface area contributed by atoms with Crippen LogP contribution in [0.25, 0.3) is 0 Å². The first-order valence-electron chi connectivity index (χ1n) is 21.2. The Bertz CT molecular complexity index is 2070. The van der Waals surface area contributed by atoms with E-state index in [4.69, 9.17) is 13.7 Å². The van der Waals surface area contributed by atoms with E-state index >= 15 is 0 Å². The van der Waals surface area contributed by atoms with Gasteiger partial charge in [0.25, 0.3) is 0 Å². The number of esters is 2. The van der Waals surface area contributed by atoms with Crippen molar-refractivity contribution in [1.29, 1.82) is 0 Å². The third-order valence-corrected chi connectivity index (χ3v) is 15.3. The Balaban J connectivity index is 1.11. The number of ether oxygens (including phenoxy) is 2. The molecular formula is C47H64O9S. The van der Waals surface area contributed by atoms with Crippen molar-refractivity contribution >= 4 is 33.8 Å². The first kappa shape index (κ1) is 43.1. The van der Waals surface area contributed by atoms with E-state index < -0.39 is 32.3 Å². The maximum Gasteiger partial charge on any atom is 0.354 e. The molecule has 57 heavy (non-hydrogen) atoms. The van der Waals surface area contributed by atoms with E-state index in [-0.39, 0.29) is 65.6 Å². The minimum Gasteiger partial charge on any atom is -0.465 e. The summed E-state index contributed by atoms with van der Waals surface area (Å²) in [6.45, 7) is 18.6. The molecule has 2 fully saturated rings. The topological polar surface area (TPSA) is 130 Å². The predicted octanol–water partition coefficient (Wildman–Crippen LogP) is 9.45. The first-order valence-corrected chi connectivity index (χ1v) is 23.0. The second kappa shape index (κ2) is 15.6. The maximum atomic E-state index is 14.0. The molecular weight excluding hydrogens is 741 g/mol. The average Bonchev–Trinajstić information content (AvgIpc) is 3.12. The largest absolute Gasteiger partial charge is 0.465 e. The Morgan fingerprint density at radius 1 is 0.684 bits per heavy atom. The fourth-order valence-corrected chi connectivity index (χ4v) is 12.3. The number of hydrogen-bond acceptors (Lipinski definition) is 9. The normalized spacial score (nSPS) is 29.4. The molecule has 0 heterocycles. The molecule has 0 spiro atoms. The van der Waals surface area contributed by atoms with Crippen LogP contribution in [0.4, 0.5) is 0 Å². The zero-order valence-electron chi connectivity index (χ0n) is 35.9. The summed E-state index contributed by atoms with van der Waals surface area (Å²) in [5, 5.41) is 0. The Hall–Kier alpha value is -3.53. The highest BCUT2D eigenvalue weighted by Crippen LogP contribution is 2.59. The molecule has 4 aliphatic carbocycles. The highest BCUT2D eigenvalue weighted by atomic mass is 32.2. The lowest BCUT2D eigenvalue weighted by molar-refractivity contribution is -0.167. The quantitative estimate of drug-likeness (QED) is 0.0944. The van der Waals surface area contributed by atoms with Gasteiger partial charge in [-0.05, 0) is 152 Å². The molecule has 0 aromatic heterocycles. The van der Waals surface area contributed by atoms with Crippen LogP contribution in [0, 0.1) is 22.7 Å². The molecule has 6 unspecified atom stereocenters. The van der Waals surface area contributed by atoms with Gasteiger partial charge in [0.2, 0.25) is 0 Å². The molecule has 312 valence electrons. The lowest BCUT2D eigenvalue weighted by Crippen LogP contribution is -2.53. The number of carbonyl (C=O) groups excluding carboxylic acids is 4. The summed E-state index contributed by atoms with van der Waals surface area (Å²) < 4.78 is 40.6. The number of hydrogen-bond donors (Lipinski definition) is 0. The summed E-state index contributed by atoms with van der Waals surface area (Å²) in [6.07, 6.45) is 9.44. The molecule has 10 heteroatoms. The lowest BCUT2D eigenvalue weighted by atomic mass is 9.49. The Kier molecular flexibility index (Phi) is 11.8. The van der Waals surface area contributed by atoms with Crippen molar-refractivity contribution < 1.29 is 41.3 Å². The van der Waals surface area contributed by atoms with Crippen molar-refractivity contribution in [1.82, 2.24) is 0 Å². The molecule has 0 radical (unpaired) electrons. The molecule has 0 aliphatic heterocycles. The van der Waals surface area contributed by atoms with Gasteiger partial charge in [0.15, 0.2) is 5.78 Å². The summed E-state index contributed by atoms with van der Waals surface area (Å²) in [7, 11) is -4.00. The second-order valence-electron chi connectivity index (χ2n) is 19.3. The third-order valence-electron chi connectivity index (χ3n) is 14.8. The Labute approximate surface area is 340 Å². The highest BCUT2D eigenvalue weighted by Gasteiger charge is 2.57. The SMILES string of the molecule is CC(=O)c1cc2c(cc1C(C)C)CCC1C(C)(C(=O)OCCCOC(=O)C3(C)CCCC4(C)c5cc(C(=O)OS(C)(=O)=O)c(C(C)C)cc5CCC34)CCCC21C. The molecule has 2 aromatic carbocycles. The average molecular weight is 805 g/mol. The third kappa shape index (κ3) is 7.73. The van der Waals surface area contributed by atoms with Crippen LogP contribution in [-0.4, -0.2) is 51.6 Å². The van der Waals surface area contributed by atoms with Gasteiger partial charge < -0.3 is 13.7 Å². The van der Waals surface area contributed by atoms with Gasteiger partial charge in [-0.15, -0.1) is 0 Å². The maximum absolute atomic E-state index is 14.0. The standard InChI is InChI=1S/C47H64O9S/c1-28(2)33-24-31-14-16-39-44(6,37(31)26-35(33)30(5)48)18-11-20-46(39,8)42(50)54-22-13-23-55-43(51)47(9)21-12-19-45(7)38-27-36(41(49)56-57(10,52)53)34(29(3)4)25-32(38)15-17-40(45)47/h24-29,39-40H,11-23H2,1-10H3. The van der Waals surface area contributed by atoms with Crippen LogP contribution in [0.1, 0.15) is 186 Å². The van der Waals surface area contributed by atoms with Crippen LogP contribution in [0.5, 0.6) is 0 Å². The second-order valence-corrected chi connectivity index (χ2v) is 20.9. The van der Waals surface area contributed by atoms with Crippen LogP contribution in [-0.2, 0) is 57.0 Å². The smallest absolute Gasteiger partial charge is 0.354 e. The molecule has 2 saturated carbocycles. The van der Waals surface area contributed by atoms with E-state index in [9.17, 15) is 27.6 Å². The van der Waals surface area contributed by atoms with E-state index in [0.717, 1.165) is 91.9 Å². The van der Waals surface area contributed by atoms with Gasteiger partial charge in [0, 0.05) is 12.0 Å². The summed E-state index contributed by atoms with van der Waals surface area (Å²) >= 11 is 0. The van der Waals surface area contributed by atoms with Crippen LogP contribution >= 0.6 is 0 Å². The minimum absolute atomic E-state index is 0.0234. The van der Waals surface area contributed by atoms with Crippen LogP contribution in [0.15, 0.2) is 24.3 Å².